The number of likely N-dealkylation sites (tertiary alicyclic amines) is 1. The van der Waals surface area contributed by atoms with Crippen LogP contribution in [0, 0.1) is 5.92 Å². The zero-order valence-electron chi connectivity index (χ0n) is 15.2. The molecule has 2 fully saturated rings. The third kappa shape index (κ3) is 5.36. The maximum absolute atomic E-state index is 12.6. The van der Waals surface area contributed by atoms with E-state index < -0.39 is 11.7 Å². The minimum atomic E-state index is -0.537. The van der Waals surface area contributed by atoms with Crippen molar-refractivity contribution >= 4 is 12.0 Å². The molecule has 0 aromatic rings. The summed E-state index contributed by atoms with van der Waals surface area (Å²) in [6, 6.07) is 0.158. The highest BCUT2D eigenvalue weighted by Gasteiger charge is 2.38. The van der Waals surface area contributed by atoms with E-state index in [0.717, 1.165) is 45.1 Å². The smallest absolute Gasteiger partial charge is 0.407 e. The van der Waals surface area contributed by atoms with Gasteiger partial charge in [0.15, 0.2) is 0 Å². The first-order valence-corrected chi connectivity index (χ1v) is 9.22. The molecule has 0 aromatic heterocycles. The Labute approximate surface area is 144 Å². The molecule has 1 aliphatic heterocycles. The molecule has 2 N–H and O–H groups in total. The molecule has 2 rings (SSSR count). The maximum Gasteiger partial charge on any atom is 0.407 e. The molecule has 6 nitrogen and oxygen atoms in total. The third-order valence-electron chi connectivity index (χ3n) is 4.90. The van der Waals surface area contributed by atoms with Gasteiger partial charge in [0.1, 0.15) is 5.60 Å². The molecule has 0 unspecified atom stereocenters. The summed E-state index contributed by atoms with van der Waals surface area (Å²) in [5.74, 6) is 0.280. The molecule has 1 heterocycles. The van der Waals surface area contributed by atoms with Crippen molar-refractivity contribution in [1.29, 1.82) is 0 Å². The average molecular weight is 340 g/mol. The first kappa shape index (κ1) is 19.0. The molecule has 0 spiro atoms. The van der Waals surface area contributed by atoms with Crippen LogP contribution in [0.3, 0.4) is 0 Å². The lowest BCUT2D eigenvalue weighted by molar-refractivity contribution is -0.137. The molecule has 3 atom stereocenters. The molecule has 1 saturated carbocycles. The standard InChI is InChI=1S/C18H32N2O4/c1-18(2,3)24-17(23)19-11-10-16(22)20-12-5-4-8-14(20)13-7-6-9-15(13)21/h13-15,21H,4-12H2,1-3H3,(H,19,23)/t13-,14-,15-/m1/s1. The fourth-order valence-electron chi connectivity index (χ4n) is 3.86. The number of hydrogen-bond donors (Lipinski definition) is 2. The number of alkyl carbamates (subject to hydrolysis) is 1. The van der Waals surface area contributed by atoms with Gasteiger partial charge in [0.2, 0.25) is 5.91 Å². The molecule has 0 radical (unpaired) electrons. The van der Waals surface area contributed by atoms with Crippen molar-refractivity contribution < 1.29 is 19.4 Å². The van der Waals surface area contributed by atoms with Gasteiger partial charge in [0.25, 0.3) is 0 Å². The Morgan fingerprint density at radius 1 is 1.17 bits per heavy atom. The summed E-state index contributed by atoms with van der Waals surface area (Å²) in [5.41, 5.74) is -0.537. The highest BCUT2D eigenvalue weighted by atomic mass is 16.6. The Kier molecular flexibility index (Phi) is 6.49. The van der Waals surface area contributed by atoms with E-state index in [1.165, 1.54) is 0 Å². The number of piperidine rings is 1. The van der Waals surface area contributed by atoms with Gasteiger partial charge in [-0.25, -0.2) is 4.79 Å². The Bertz CT molecular complexity index is 447. The lowest BCUT2D eigenvalue weighted by atomic mass is 9.87. The van der Waals surface area contributed by atoms with Crippen LogP contribution in [0.5, 0.6) is 0 Å². The summed E-state index contributed by atoms with van der Waals surface area (Å²) >= 11 is 0. The molecule has 2 aliphatic rings. The minimum absolute atomic E-state index is 0.0647. The molecule has 2 amide bonds. The number of nitrogens with one attached hydrogen (secondary N) is 1. The number of aliphatic hydroxyl groups excluding tert-OH is 1. The maximum atomic E-state index is 12.6. The molecule has 6 heteroatoms. The Hall–Kier alpha value is -1.30. The van der Waals surface area contributed by atoms with E-state index in [9.17, 15) is 14.7 Å². The quantitative estimate of drug-likeness (QED) is 0.824. The highest BCUT2D eigenvalue weighted by molar-refractivity contribution is 5.77. The van der Waals surface area contributed by atoms with Crippen molar-refractivity contribution in [1.82, 2.24) is 10.2 Å². The van der Waals surface area contributed by atoms with Crippen molar-refractivity contribution in [2.24, 2.45) is 5.92 Å². The fourth-order valence-corrected chi connectivity index (χ4v) is 3.86. The molecule has 138 valence electrons. The van der Waals surface area contributed by atoms with Gasteiger partial charge in [-0.1, -0.05) is 6.42 Å². The summed E-state index contributed by atoms with van der Waals surface area (Å²) in [6.45, 7) is 6.47. The summed E-state index contributed by atoms with van der Waals surface area (Å²) in [4.78, 5) is 26.2. The van der Waals surface area contributed by atoms with Crippen LogP contribution in [0.2, 0.25) is 0 Å². The monoisotopic (exact) mass is 340 g/mol. The van der Waals surface area contributed by atoms with Crippen LogP contribution in [0.25, 0.3) is 0 Å². The highest BCUT2D eigenvalue weighted by Crippen LogP contribution is 2.35. The lowest BCUT2D eigenvalue weighted by Gasteiger charge is -2.40. The second-order valence-corrected chi connectivity index (χ2v) is 7.99. The zero-order chi connectivity index (χ0) is 17.7. The fraction of sp³-hybridized carbons (Fsp3) is 0.889. The average Bonchev–Trinajstić information content (AvgIpc) is 2.91. The number of ether oxygens (including phenoxy) is 1. The van der Waals surface area contributed by atoms with Crippen molar-refractivity contribution in [3.63, 3.8) is 0 Å². The van der Waals surface area contributed by atoms with Gasteiger partial charge in [-0.2, -0.15) is 0 Å². The molecule has 24 heavy (non-hydrogen) atoms. The van der Waals surface area contributed by atoms with Crippen LogP contribution in [-0.4, -0.2) is 52.8 Å². The number of aliphatic hydroxyl groups is 1. The SMILES string of the molecule is CC(C)(C)OC(=O)NCCC(=O)N1CCCC[C@@H]1[C@H]1CCC[C@H]1O. The van der Waals surface area contributed by atoms with E-state index in [4.69, 9.17) is 4.74 Å². The van der Waals surface area contributed by atoms with Crippen molar-refractivity contribution in [2.75, 3.05) is 13.1 Å². The molecule has 0 aromatic carbocycles. The van der Waals surface area contributed by atoms with Gasteiger partial charge in [0, 0.05) is 31.5 Å². The number of amides is 2. The summed E-state index contributed by atoms with van der Waals surface area (Å²) in [5, 5.41) is 12.8. The van der Waals surface area contributed by atoms with Gasteiger partial charge in [0.05, 0.1) is 6.10 Å². The van der Waals surface area contributed by atoms with Crippen molar-refractivity contribution in [3.8, 4) is 0 Å². The molecule has 0 bridgehead atoms. The summed E-state index contributed by atoms with van der Waals surface area (Å²) in [6.07, 6.45) is 5.53. The van der Waals surface area contributed by atoms with Gasteiger partial charge >= 0.3 is 6.09 Å². The van der Waals surface area contributed by atoms with Gasteiger partial charge in [-0.15, -0.1) is 0 Å². The van der Waals surface area contributed by atoms with Gasteiger partial charge in [-0.3, -0.25) is 4.79 Å². The number of carbonyl (C=O) groups excluding carboxylic acids is 2. The number of nitrogens with zero attached hydrogens (tertiary/aromatic N) is 1. The van der Waals surface area contributed by atoms with Crippen LogP contribution in [0.1, 0.15) is 65.7 Å². The van der Waals surface area contributed by atoms with E-state index in [1.54, 1.807) is 0 Å². The molecule has 1 saturated heterocycles. The minimum Gasteiger partial charge on any atom is -0.444 e. The van der Waals surface area contributed by atoms with Crippen molar-refractivity contribution in [3.05, 3.63) is 0 Å². The van der Waals surface area contributed by atoms with Gasteiger partial charge in [-0.05, 0) is 52.9 Å². The largest absolute Gasteiger partial charge is 0.444 e. The third-order valence-corrected chi connectivity index (χ3v) is 4.90. The van der Waals surface area contributed by atoms with E-state index >= 15 is 0 Å². The number of rotatable bonds is 4. The van der Waals surface area contributed by atoms with Crippen LogP contribution < -0.4 is 5.32 Å². The van der Waals surface area contributed by atoms with E-state index in [1.807, 2.05) is 25.7 Å². The summed E-state index contributed by atoms with van der Waals surface area (Å²) < 4.78 is 5.17. The first-order chi connectivity index (χ1) is 11.3. The van der Waals surface area contributed by atoms with E-state index in [0.29, 0.717) is 0 Å². The van der Waals surface area contributed by atoms with Crippen molar-refractivity contribution in [2.45, 2.75) is 83.5 Å². The predicted molar refractivity (Wildman–Crippen MR) is 91.6 cm³/mol. The normalized spacial score (nSPS) is 27.8. The number of hydrogen-bond acceptors (Lipinski definition) is 4. The predicted octanol–water partition coefficient (Wildman–Crippen LogP) is 2.44. The lowest BCUT2D eigenvalue weighted by Crippen LogP contribution is -2.50. The topological polar surface area (TPSA) is 78.9 Å². The van der Waals surface area contributed by atoms with Crippen LogP contribution >= 0.6 is 0 Å². The molecule has 1 aliphatic carbocycles. The van der Waals surface area contributed by atoms with Crippen LogP contribution in [0.15, 0.2) is 0 Å². The second kappa shape index (κ2) is 8.19. The van der Waals surface area contributed by atoms with E-state index in [2.05, 4.69) is 5.32 Å². The van der Waals surface area contributed by atoms with E-state index in [-0.39, 0.29) is 36.9 Å². The van der Waals surface area contributed by atoms with Crippen LogP contribution in [0.4, 0.5) is 4.79 Å². The Balaban J connectivity index is 1.82. The Morgan fingerprint density at radius 2 is 1.92 bits per heavy atom. The summed E-state index contributed by atoms with van der Waals surface area (Å²) in [7, 11) is 0. The molecular formula is C18H32N2O4. The Morgan fingerprint density at radius 3 is 2.54 bits per heavy atom. The first-order valence-electron chi connectivity index (χ1n) is 9.22. The van der Waals surface area contributed by atoms with Gasteiger partial charge < -0.3 is 20.1 Å². The second-order valence-electron chi connectivity index (χ2n) is 7.99. The molecular weight excluding hydrogens is 308 g/mol. The van der Waals surface area contributed by atoms with Crippen LogP contribution in [-0.2, 0) is 9.53 Å². The number of carbonyl (C=O) groups is 2. The zero-order valence-corrected chi connectivity index (χ0v) is 15.2.